The highest BCUT2D eigenvalue weighted by Crippen LogP contribution is 2.14. The number of aromatic nitrogens is 2. The summed E-state index contributed by atoms with van der Waals surface area (Å²) in [6.07, 6.45) is 3.64. The van der Waals surface area contributed by atoms with E-state index >= 15 is 0 Å². The van der Waals surface area contributed by atoms with Crippen molar-refractivity contribution >= 4 is 0 Å². The number of hydrogen-bond donors (Lipinski definition) is 1. The molecule has 0 saturated heterocycles. The van der Waals surface area contributed by atoms with E-state index in [1.807, 2.05) is 36.8 Å². The zero-order chi connectivity index (χ0) is 12.1. The summed E-state index contributed by atoms with van der Waals surface area (Å²) in [7, 11) is 0. The fourth-order valence-corrected chi connectivity index (χ4v) is 1.67. The number of nitrogens with zero attached hydrogens (tertiary/aromatic N) is 2. The Bertz CT molecular complexity index is 479. The van der Waals surface area contributed by atoms with Crippen LogP contribution < -0.4 is 10.5 Å². The summed E-state index contributed by atoms with van der Waals surface area (Å²) >= 11 is 0. The Hall–Kier alpha value is -1.81. The lowest BCUT2D eigenvalue weighted by atomic mass is 10.2. The first-order chi connectivity index (χ1) is 8.33. The van der Waals surface area contributed by atoms with E-state index in [0.717, 1.165) is 23.6 Å². The third-order valence-electron chi connectivity index (χ3n) is 2.66. The average molecular weight is 231 g/mol. The predicted octanol–water partition coefficient (Wildman–Crippen LogP) is 1.94. The van der Waals surface area contributed by atoms with Gasteiger partial charge in [0.05, 0.1) is 18.2 Å². The van der Waals surface area contributed by atoms with Gasteiger partial charge in [-0.15, -0.1) is 0 Å². The summed E-state index contributed by atoms with van der Waals surface area (Å²) in [6, 6.07) is 7.84. The summed E-state index contributed by atoms with van der Waals surface area (Å²) in [6.45, 7) is 4.05. The van der Waals surface area contributed by atoms with Gasteiger partial charge in [0.2, 0.25) is 0 Å². The maximum atomic E-state index is 5.72. The summed E-state index contributed by atoms with van der Waals surface area (Å²) in [5, 5.41) is 0. The van der Waals surface area contributed by atoms with Crippen LogP contribution in [-0.4, -0.2) is 9.55 Å². The molecule has 1 aromatic heterocycles. The van der Waals surface area contributed by atoms with Gasteiger partial charge in [-0.3, -0.25) is 0 Å². The second-order valence-electron chi connectivity index (χ2n) is 3.81. The molecule has 0 fully saturated rings. The van der Waals surface area contributed by atoms with Crippen molar-refractivity contribution in [1.82, 2.24) is 9.55 Å². The van der Waals surface area contributed by atoms with Crippen LogP contribution in [0.3, 0.4) is 0 Å². The molecule has 4 nitrogen and oxygen atoms in total. The molecule has 0 unspecified atom stereocenters. The Morgan fingerprint density at radius 2 is 2.29 bits per heavy atom. The number of aryl methyl sites for hydroxylation is 1. The van der Waals surface area contributed by atoms with E-state index in [4.69, 9.17) is 10.5 Å². The van der Waals surface area contributed by atoms with E-state index in [2.05, 4.69) is 16.5 Å². The van der Waals surface area contributed by atoms with Crippen LogP contribution in [0.4, 0.5) is 0 Å². The van der Waals surface area contributed by atoms with Gasteiger partial charge < -0.3 is 15.0 Å². The third-order valence-corrected chi connectivity index (χ3v) is 2.66. The van der Waals surface area contributed by atoms with E-state index in [0.29, 0.717) is 13.2 Å². The van der Waals surface area contributed by atoms with Crippen LogP contribution >= 0.6 is 0 Å². The minimum absolute atomic E-state index is 0.530. The molecule has 2 rings (SSSR count). The molecule has 0 spiro atoms. The van der Waals surface area contributed by atoms with Crippen molar-refractivity contribution in [2.75, 3.05) is 0 Å². The minimum Gasteiger partial charge on any atom is -0.487 e. The monoisotopic (exact) mass is 231 g/mol. The van der Waals surface area contributed by atoms with E-state index < -0.39 is 0 Å². The van der Waals surface area contributed by atoms with Crippen molar-refractivity contribution in [3.63, 3.8) is 0 Å². The van der Waals surface area contributed by atoms with Crippen LogP contribution in [0.15, 0.2) is 36.8 Å². The molecule has 0 aliphatic carbocycles. The summed E-state index contributed by atoms with van der Waals surface area (Å²) < 4.78 is 7.78. The zero-order valence-electron chi connectivity index (χ0n) is 9.97. The van der Waals surface area contributed by atoms with Crippen LogP contribution in [-0.2, 0) is 19.7 Å². The second kappa shape index (κ2) is 5.50. The third kappa shape index (κ3) is 2.85. The molecular weight excluding hydrogens is 214 g/mol. The van der Waals surface area contributed by atoms with Crippen molar-refractivity contribution < 1.29 is 4.74 Å². The Kier molecular flexibility index (Phi) is 3.77. The highest BCUT2D eigenvalue weighted by molar-refractivity contribution is 5.28. The minimum atomic E-state index is 0.530. The first-order valence-electron chi connectivity index (χ1n) is 5.74. The van der Waals surface area contributed by atoms with Crippen molar-refractivity contribution in [3.05, 3.63) is 48.0 Å². The van der Waals surface area contributed by atoms with Crippen LogP contribution in [0.5, 0.6) is 5.75 Å². The van der Waals surface area contributed by atoms with E-state index in [1.165, 1.54) is 0 Å². The molecule has 0 bridgehead atoms. The van der Waals surface area contributed by atoms with Crippen molar-refractivity contribution in [2.45, 2.75) is 26.6 Å². The number of benzene rings is 1. The molecule has 90 valence electrons. The first-order valence-corrected chi connectivity index (χ1v) is 5.74. The zero-order valence-corrected chi connectivity index (χ0v) is 9.97. The summed E-state index contributed by atoms with van der Waals surface area (Å²) in [5.74, 6) is 0.844. The van der Waals surface area contributed by atoms with Gasteiger partial charge in [-0.25, -0.2) is 4.98 Å². The van der Waals surface area contributed by atoms with Crippen LogP contribution in [0.2, 0.25) is 0 Å². The van der Waals surface area contributed by atoms with Gasteiger partial charge in [0.15, 0.2) is 0 Å². The molecule has 2 N–H and O–H groups in total. The van der Waals surface area contributed by atoms with Crippen molar-refractivity contribution in [1.29, 1.82) is 0 Å². The Balaban J connectivity index is 2.02. The van der Waals surface area contributed by atoms with Crippen molar-refractivity contribution in [2.24, 2.45) is 5.73 Å². The van der Waals surface area contributed by atoms with E-state index in [1.54, 1.807) is 0 Å². The van der Waals surface area contributed by atoms with Gasteiger partial charge in [-0.2, -0.15) is 0 Å². The van der Waals surface area contributed by atoms with Gasteiger partial charge in [0, 0.05) is 13.1 Å². The van der Waals surface area contributed by atoms with Crippen LogP contribution in [0.25, 0.3) is 0 Å². The molecule has 0 atom stereocenters. The first kappa shape index (κ1) is 11.7. The molecule has 0 saturated carbocycles. The topological polar surface area (TPSA) is 53.1 Å². The van der Waals surface area contributed by atoms with Gasteiger partial charge >= 0.3 is 0 Å². The van der Waals surface area contributed by atoms with Gasteiger partial charge in [-0.1, -0.05) is 12.1 Å². The van der Waals surface area contributed by atoms with E-state index in [9.17, 15) is 0 Å². The highest BCUT2D eigenvalue weighted by atomic mass is 16.5. The molecule has 1 heterocycles. The molecular formula is C13H17N3O. The number of nitrogens with two attached hydrogens (primary N) is 1. The average Bonchev–Trinajstić information content (AvgIpc) is 2.84. The lowest BCUT2D eigenvalue weighted by molar-refractivity contribution is 0.295. The Morgan fingerprint density at radius 3 is 3.06 bits per heavy atom. The lowest BCUT2D eigenvalue weighted by Crippen LogP contribution is -2.04. The standard InChI is InChI=1S/C13H17N3O/c1-2-16-10-15-8-12(16)9-17-13-5-3-4-11(6-13)7-14/h3-6,8,10H,2,7,9,14H2,1H3. The fourth-order valence-electron chi connectivity index (χ4n) is 1.67. The number of ether oxygens (including phenoxy) is 1. The Labute approximate surface area is 101 Å². The van der Waals surface area contributed by atoms with Gasteiger partial charge in [0.1, 0.15) is 12.4 Å². The molecule has 2 aromatic rings. The van der Waals surface area contributed by atoms with Gasteiger partial charge in [0.25, 0.3) is 0 Å². The molecule has 0 aliphatic heterocycles. The second-order valence-corrected chi connectivity index (χ2v) is 3.81. The maximum Gasteiger partial charge on any atom is 0.130 e. The number of rotatable bonds is 5. The molecule has 1 aromatic carbocycles. The maximum absolute atomic E-state index is 5.72. The normalized spacial score (nSPS) is 10.5. The molecule has 0 radical (unpaired) electrons. The van der Waals surface area contributed by atoms with Crippen LogP contribution in [0.1, 0.15) is 18.2 Å². The molecule has 4 heteroatoms. The predicted molar refractivity (Wildman–Crippen MR) is 66.6 cm³/mol. The lowest BCUT2D eigenvalue weighted by Gasteiger charge is -2.08. The Morgan fingerprint density at radius 1 is 1.41 bits per heavy atom. The molecule has 0 amide bonds. The molecule has 0 aliphatic rings. The smallest absolute Gasteiger partial charge is 0.130 e. The largest absolute Gasteiger partial charge is 0.487 e. The number of imidazole rings is 1. The summed E-state index contributed by atoms with van der Waals surface area (Å²) in [5.41, 5.74) is 7.74. The van der Waals surface area contributed by atoms with Crippen molar-refractivity contribution in [3.8, 4) is 5.75 Å². The van der Waals surface area contributed by atoms with Gasteiger partial charge in [-0.05, 0) is 24.6 Å². The highest BCUT2D eigenvalue weighted by Gasteiger charge is 2.01. The number of hydrogen-bond acceptors (Lipinski definition) is 3. The summed E-state index contributed by atoms with van der Waals surface area (Å²) in [4.78, 5) is 4.10. The SMILES string of the molecule is CCn1cncc1COc1cccc(CN)c1. The van der Waals surface area contributed by atoms with Crippen LogP contribution in [0, 0.1) is 0 Å². The fraction of sp³-hybridized carbons (Fsp3) is 0.308. The quantitative estimate of drug-likeness (QED) is 0.855. The van der Waals surface area contributed by atoms with E-state index in [-0.39, 0.29) is 0 Å². The molecule has 17 heavy (non-hydrogen) atoms.